The Balaban J connectivity index is 0.00000182. The average Bonchev–Trinajstić information content (AvgIpc) is 3.02. The van der Waals surface area contributed by atoms with Crippen LogP contribution in [0.25, 0.3) is 16.9 Å². The minimum Gasteiger partial charge on any atom is -0.364 e. The Morgan fingerprint density at radius 2 is 1.84 bits per heavy atom. The topological polar surface area (TPSA) is 60.9 Å². The number of hydrogen-bond donors (Lipinski definition) is 1. The molecule has 6 heteroatoms. The van der Waals surface area contributed by atoms with Crippen LogP contribution in [0.2, 0.25) is 0 Å². The summed E-state index contributed by atoms with van der Waals surface area (Å²) < 4.78 is 1.86. The molecule has 25 heavy (non-hydrogen) atoms. The number of aryl methyl sites for hydroxylation is 1. The van der Waals surface area contributed by atoms with Crippen LogP contribution < -0.4 is 5.73 Å². The SMILES string of the molecule is CSc1ccc(-n2nc(C(N)=O)c3c2-c2ccccc2CC3)cc1.Cl. The first-order valence-corrected chi connectivity index (χ1v) is 9.06. The number of rotatable bonds is 3. The minimum atomic E-state index is -0.467. The number of primary amides is 1. The highest BCUT2D eigenvalue weighted by atomic mass is 35.5. The molecule has 0 aliphatic heterocycles. The Hall–Kier alpha value is -2.24. The quantitative estimate of drug-likeness (QED) is 0.711. The summed E-state index contributed by atoms with van der Waals surface area (Å²) in [6.07, 6.45) is 3.74. The van der Waals surface area contributed by atoms with Crippen molar-refractivity contribution in [2.45, 2.75) is 17.7 Å². The lowest BCUT2D eigenvalue weighted by Gasteiger charge is -2.18. The van der Waals surface area contributed by atoms with E-state index in [0.29, 0.717) is 5.69 Å². The molecule has 1 amide bonds. The number of nitrogens with two attached hydrogens (primary N) is 1. The molecule has 1 aromatic heterocycles. The molecule has 0 saturated carbocycles. The van der Waals surface area contributed by atoms with Gasteiger partial charge in [-0.3, -0.25) is 4.79 Å². The maximum atomic E-state index is 11.9. The number of nitrogens with zero attached hydrogens (tertiary/aromatic N) is 2. The first kappa shape index (κ1) is 17.6. The summed E-state index contributed by atoms with van der Waals surface area (Å²) in [6, 6.07) is 16.5. The van der Waals surface area contributed by atoms with Crippen LogP contribution in [0, 0.1) is 0 Å². The fourth-order valence-electron chi connectivity index (χ4n) is 3.30. The monoisotopic (exact) mass is 371 g/mol. The molecule has 1 aliphatic rings. The van der Waals surface area contributed by atoms with Crippen LogP contribution in [0.4, 0.5) is 0 Å². The van der Waals surface area contributed by atoms with Crippen LogP contribution in [0.3, 0.4) is 0 Å². The van der Waals surface area contributed by atoms with Crippen LogP contribution in [0.5, 0.6) is 0 Å². The predicted octanol–water partition coefficient (Wildman–Crippen LogP) is 3.88. The summed E-state index contributed by atoms with van der Waals surface area (Å²) in [5, 5.41) is 4.55. The van der Waals surface area contributed by atoms with Crippen molar-refractivity contribution in [3.63, 3.8) is 0 Å². The highest BCUT2D eigenvalue weighted by Gasteiger charge is 2.27. The number of amides is 1. The summed E-state index contributed by atoms with van der Waals surface area (Å²) in [4.78, 5) is 13.1. The number of carbonyl (C=O) groups excluding carboxylic acids is 1. The Kier molecular flexibility index (Phi) is 4.88. The highest BCUT2D eigenvalue weighted by molar-refractivity contribution is 7.98. The zero-order valence-electron chi connectivity index (χ0n) is 13.7. The van der Waals surface area contributed by atoms with Crippen molar-refractivity contribution in [3.05, 3.63) is 65.4 Å². The summed E-state index contributed by atoms with van der Waals surface area (Å²) in [5.41, 5.74) is 11.3. The van der Waals surface area contributed by atoms with Crippen molar-refractivity contribution >= 4 is 30.1 Å². The number of halogens is 1. The molecule has 2 aromatic carbocycles. The van der Waals surface area contributed by atoms with E-state index in [2.05, 4.69) is 29.4 Å². The third-order valence-electron chi connectivity index (χ3n) is 4.45. The number of hydrogen-bond acceptors (Lipinski definition) is 3. The summed E-state index contributed by atoms with van der Waals surface area (Å²) in [7, 11) is 0. The standard InChI is InChI=1S/C19H17N3OS.ClH/c1-24-14-9-7-13(8-10-14)22-18-15-5-3-2-4-12(15)6-11-16(18)17(21-22)19(20)23;/h2-5,7-10H,6,11H2,1H3,(H2,20,23);1H. The number of fused-ring (bicyclic) bond motifs is 3. The van der Waals surface area contributed by atoms with Gasteiger partial charge in [0, 0.05) is 16.0 Å². The molecule has 0 saturated heterocycles. The second-order valence-electron chi connectivity index (χ2n) is 5.81. The van der Waals surface area contributed by atoms with Gasteiger partial charge in [0.25, 0.3) is 5.91 Å². The molecular weight excluding hydrogens is 354 g/mol. The Bertz CT molecular complexity index is 934. The molecule has 4 nitrogen and oxygen atoms in total. The molecule has 0 bridgehead atoms. The first-order valence-electron chi connectivity index (χ1n) is 7.83. The summed E-state index contributed by atoms with van der Waals surface area (Å²) in [5.74, 6) is -0.467. The third kappa shape index (κ3) is 2.94. The van der Waals surface area contributed by atoms with E-state index in [1.165, 1.54) is 10.5 Å². The van der Waals surface area contributed by atoms with Gasteiger partial charge in [0.1, 0.15) is 0 Å². The van der Waals surface area contributed by atoms with Gasteiger partial charge in [-0.15, -0.1) is 24.2 Å². The molecule has 128 valence electrons. The van der Waals surface area contributed by atoms with Crippen molar-refractivity contribution in [1.82, 2.24) is 9.78 Å². The molecule has 3 aromatic rings. The second kappa shape index (κ2) is 6.94. The Morgan fingerprint density at radius 3 is 2.52 bits per heavy atom. The number of thioether (sulfide) groups is 1. The molecule has 0 spiro atoms. The maximum absolute atomic E-state index is 11.9. The van der Waals surface area contributed by atoms with Crippen LogP contribution in [-0.2, 0) is 12.8 Å². The van der Waals surface area contributed by atoms with E-state index >= 15 is 0 Å². The fourth-order valence-corrected chi connectivity index (χ4v) is 3.71. The zero-order chi connectivity index (χ0) is 16.7. The Labute approximate surface area is 156 Å². The normalized spacial score (nSPS) is 12.0. The van der Waals surface area contributed by atoms with E-state index in [1.54, 1.807) is 11.8 Å². The molecule has 0 atom stereocenters. The first-order chi connectivity index (χ1) is 11.7. The molecular formula is C19H18ClN3OS. The van der Waals surface area contributed by atoms with E-state index in [4.69, 9.17) is 5.73 Å². The largest absolute Gasteiger partial charge is 0.364 e. The predicted molar refractivity (Wildman–Crippen MR) is 104 cm³/mol. The minimum absolute atomic E-state index is 0. The van der Waals surface area contributed by atoms with E-state index in [-0.39, 0.29) is 12.4 Å². The maximum Gasteiger partial charge on any atom is 0.269 e. The van der Waals surface area contributed by atoms with Gasteiger partial charge in [0.15, 0.2) is 5.69 Å². The molecule has 1 aliphatic carbocycles. The second-order valence-corrected chi connectivity index (χ2v) is 6.69. The van der Waals surface area contributed by atoms with Gasteiger partial charge < -0.3 is 5.73 Å². The van der Waals surface area contributed by atoms with E-state index < -0.39 is 5.91 Å². The van der Waals surface area contributed by atoms with Gasteiger partial charge in [0.05, 0.1) is 11.4 Å². The molecule has 2 N–H and O–H groups in total. The van der Waals surface area contributed by atoms with Gasteiger partial charge in [0.2, 0.25) is 0 Å². The van der Waals surface area contributed by atoms with Crippen LogP contribution >= 0.6 is 24.2 Å². The summed E-state index contributed by atoms with van der Waals surface area (Å²) >= 11 is 1.70. The van der Waals surface area contributed by atoms with Crippen molar-refractivity contribution in [3.8, 4) is 16.9 Å². The van der Waals surface area contributed by atoms with Gasteiger partial charge in [-0.05, 0) is 48.9 Å². The number of carbonyl (C=O) groups is 1. The lowest BCUT2D eigenvalue weighted by molar-refractivity contribution is 0.0994. The average molecular weight is 372 g/mol. The van der Waals surface area contributed by atoms with E-state index in [1.807, 2.05) is 35.2 Å². The third-order valence-corrected chi connectivity index (χ3v) is 5.19. The van der Waals surface area contributed by atoms with Gasteiger partial charge >= 0.3 is 0 Å². The number of aromatic nitrogens is 2. The van der Waals surface area contributed by atoms with Crippen molar-refractivity contribution in [1.29, 1.82) is 0 Å². The highest BCUT2D eigenvalue weighted by Crippen LogP contribution is 2.36. The van der Waals surface area contributed by atoms with Crippen molar-refractivity contribution in [2.24, 2.45) is 5.73 Å². The van der Waals surface area contributed by atoms with Crippen LogP contribution in [0.15, 0.2) is 53.4 Å². The molecule has 0 fully saturated rings. The van der Waals surface area contributed by atoms with Crippen LogP contribution in [0.1, 0.15) is 21.6 Å². The van der Waals surface area contributed by atoms with Gasteiger partial charge in [-0.1, -0.05) is 24.3 Å². The molecule has 0 unspecified atom stereocenters. The molecule has 1 heterocycles. The van der Waals surface area contributed by atoms with Crippen LogP contribution in [-0.4, -0.2) is 21.9 Å². The number of benzene rings is 2. The fraction of sp³-hybridized carbons (Fsp3) is 0.158. The summed E-state index contributed by atoms with van der Waals surface area (Å²) in [6.45, 7) is 0. The van der Waals surface area contributed by atoms with E-state index in [9.17, 15) is 4.79 Å². The molecule has 4 rings (SSSR count). The van der Waals surface area contributed by atoms with Crippen molar-refractivity contribution in [2.75, 3.05) is 6.26 Å². The van der Waals surface area contributed by atoms with Gasteiger partial charge in [-0.25, -0.2) is 4.68 Å². The lowest BCUT2D eigenvalue weighted by atomic mass is 9.89. The lowest BCUT2D eigenvalue weighted by Crippen LogP contribution is -2.15. The van der Waals surface area contributed by atoms with Crippen molar-refractivity contribution < 1.29 is 4.79 Å². The zero-order valence-corrected chi connectivity index (χ0v) is 15.4. The Morgan fingerprint density at radius 1 is 1.12 bits per heavy atom. The smallest absolute Gasteiger partial charge is 0.269 e. The van der Waals surface area contributed by atoms with Gasteiger partial charge in [-0.2, -0.15) is 5.10 Å². The van der Waals surface area contributed by atoms with E-state index in [0.717, 1.165) is 35.3 Å². The molecule has 0 radical (unpaired) electrons.